The lowest BCUT2D eigenvalue weighted by Crippen LogP contribution is -2.54. The molecule has 2 aliphatic rings. The highest BCUT2D eigenvalue weighted by atomic mass is 32.1. The van der Waals surface area contributed by atoms with Crippen molar-refractivity contribution in [3.63, 3.8) is 0 Å². The van der Waals surface area contributed by atoms with E-state index >= 15 is 0 Å². The van der Waals surface area contributed by atoms with Crippen LogP contribution in [0.3, 0.4) is 0 Å². The van der Waals surface area contributed by atoms with Crippen molar-refractivity contribution in [1.29, 1.82) is 0 Å². The number of para-hydroxylation sites is 1. The molecule has 0 spiro atoms. The number of ether oxygens (including phenoxy) is 1. The van der Waals surface area contributed by atoms with E-state index in [-0.39, 0.29) is 30.6 Å². The van der Waals surface area contributed by atoms with E-state index in [0.29, 0.717) is 19.5 Å². The molecule has 0 radical (unpaired) electrons. The van der Waals surface area contributed by atoms with E-state index in [1.807, 2.05) is 52.7 Å². The summed E-state index contributed by atoms with van der Waals surface area (Å²) < 4.78 is 5.70. The zero-order valence-electron chi connectivity index (χ0n) is 13.1. The fourth-order valence-electron chi connectivity index (χ4n) is 3.40. The summed E-state index contributed by atoms with van der Waals surface area (Å²) in [6.07, 6.45) is 0.298. The third kappa shape index (κ3) is 2.83. The van der Waals surface area contributed by atoms with Gasteiger partial charge in [0.1, 0.15) is 6.61 Å². The first-order chi connectivity index (χ1) is 11.7. The smallest absolute Gasteiger partial charge is 0.253 e. The molecule has 124 valence electrons. The van der Waals surface area contributed by atoms with Crippen molar-refractivity contribution < 1.29 is 14.3 Å². The summed E-state index contributed by atoms with van der Waals surface area (Å²) in [4.78, 5) is 29.6. The Bertz CT molecular complexity index is 732. The predicted molar refractivity (Wildman–Crippen MR) is 92.1 cm³/mol. The molecule has 2 fully saturated rings. The molecule has 6 heteroatoms. The molecule has 0 aliphatic carbocycles. The number of fused-ring (bicyclic) bond motifs is 1. The van der Waals surface area contributed by atoms with Crippen molar-refractivity contribution in [2.75, 3.05) is 24.6 Å². The average Bonchev–Trinajstić information content (AvgIpc) is 3.25. The number of carbonyl (C=O) groups excluding carboxylic acids is 2. The topological polar surface area (TPSA) is 49.9 Å². The van der Waals surface area contributed by atoms with E-state index in [1.165, 1.54) is 0 Å². The number of anilines is 1. The zero-order valence-corrected chi connectivity index (χ0v) is 13.9. The van der Waals surface area contributed by atoms with Crippen LogP contribution in [-0.2, 0) is 20.7 Å². The van der Waals surface area contributed by atoms with Gasteiger partial charge in [-0.1, -0.05) is 24.3 Å². The molecule has 24 heavy (non-hydrogen) atoms. The van der Waals surface area contributed by atoms with Gasteiger partial charge in [0.15, 0.2) is 0 Å². The van der Waals surface area contributed by atoms with Gasteiger partial charge in [0.2, 0.25) is 5.91 Å². The Morgan fingerprint density at radius 1 is 1.17 bits per heavy atom. The van der Waals surface area contributed by atoms with Crippen molar-refractivity contribution in [2.24, 2.45) is 0 Å². The summed E-state index contributed by atoms with van der Waals surface area (Å²) in [5.74, 6) is 0.0471. The van der Waals surface area contributed by atoms with Gasteiger partial charge in [-0.2, -0.15) is 0 Å². The third-order valence-electron chi connectivity index (χ3n) is 4.55. The molecule has 4 rings (SSSR count). The van der Waals surface area contributed by atoms with Crippen LogP contribution in [0.25, 0.3) is 0 Å². The van der Waals surface area contributed by atoms with Crippen LogP contribution in [0.2, 0.25) is 0 Å². The number of amides is 2. The predicted octanol–water partition coefficient (Wildman–Crippen LogP) is 1.93. The van der Waals surface area contributed by atoms with Gasteiger partial charge in [-0.05, 0) is 23.6 Å². The summed E-state index contributed by atoms with van der Waals surface area (Å²) in [7, 11) is 0. The molecule has 0 saturated carbocycles. The summed E-state index contributed by atoms with van der Waals surface area (Å²) in [6.45, 7) is 1.14. The van der Waals surface area contributed by atoms with Crippen LogP contribution in [0.1, 0.15) is 4.88 Å². The van der Waals surface area contributed by atoms with Crippen LogP contribution in [0.15, 0.2) is 47.8 Å². The SMILES string of the molecule is O=C(Cc1cccs1)N1C[C@@H]2OCC(=O)N(c3ccccc3)[C@H]2C1. The molecule has 0 bridgehead atoms. The molecule has 2 aromatic rings. The van der Waals surface area contributed by atoms with Crippen molar-refractivity contribution in [3.05, 3.63) is 52.7 Å². The van der Waals surface area contributed by atoms with Crippen LogP contribution >= 0.6 is 11.3 Å². The van der Waals surface area contributed by atoms with Crippen molar-refractivity contribution >= 4 is 28.8 Å². The van der Waals surface area contributed by atoms with Crippen LogP contribution in [0.5, 0.6) is 0 Å². The third-order valence-corrected chi connectivity index (χ3v) is 5.43. The fourth-order valence-corrected chi connectivity index (χ4v) is 4.10. The Labute approximate surface area is 144 Å². The summed E-state index contributed by atoms with van der Waals surface area (Å²) in [5.41, 5.74) is 0.869. The number of morpholine rings is 1. The van der Waals surface area contributed by atoms with E-state index in [9.17, 15) is 9.59 Å². The summed E-state index contributed by atoms with van der Waals surface area (Å²) in [5, 5.41) is 1.98. The fraction of sp³-hybridized carbons (Fsp3) is 0.333. The minimum atomic E-state index is -0.116. The van der Waals surface area contributed by atoms with E-state index in [1.54, 1.807) is 16.2 Å². The Kier molecular flexibility index (Phi) is 4.08. The Hall–Kier alpha value is -2.18. The van der Waals surface area contributed by atoms with Gasteiger partial charge >= 0.3 is 0 Å². The first-order valence-electron chi connectivity index (χ1n) is 8.01. The average molecular weight is 342 g/mol. The van der Waals surface area contributed by atoms with Gasteiger partial charge in [0, 0.05) is 23.7 Å². The van der Waals surface area contributed by atoms with Crippen LogP contribution in [-0.4, -0.2) is 48.6 Å². The maximum absolute atomic E-state index is 12.6. The number of rotatable bonds is 3. The molecule has 1 aromatic heterocycles. The molecular weight excluding hydrogens is 324 g/mol. The van der Waals surface area contributed by atoms with E-state index < -0.39 is 0 Å². The molecule has 0 N–H and O–H groups in total. The van der Waals surface area contributed by atoms with Gasteiger partial charge in [-0.3, -0.25) is 9.59 Å². The molecule has 2 atom stereocenters. The maximum Gasteiger partial charge on any atom is 0.253 e. The second-order valence-electron chi connectivity index (χ2n) is 6.07. The second-order valence-corrected chi connectivity index (χ2v) is 7.10. The normalized spacial score (nSPS) is 23.4. The Balaban J connectivity index is 1.52. The Morgan fingerprint density at radius 3 is 2.75 bits per heavy atom. The first kappa shape index (κ1) is 15.4. The molecule has 0 unspecified atom stereocenters. The molecule has 2 aliphatic heterocycles. The van der Waals surface area contributed by atoms with Gasteiger partial charge in [0.05, 0.1) is 18.6 Å². The monoisotopic (exact) mass is 342 g/mol. The number of nitrogens with zero attached hydrogens (tertiary/aromatic N) is 2. The number of hydrogen-bond acceptors (Lipinski definition) is 4. The first-order valence-corrected chi connectivity index (χ1v) is 8.89. The van der Waals surface area contributed by atoms with Gasteiger partial charge in [-0.25, -0.2) is 0 Å². The van der Waals surface area contributed by atoms with Crippen molar-refractivity contribution in [3.8, 4) is 0 Å². The lowest BCUT2D eigenvalue weighted by molar-refractivity contribution is -0.130. The second kappa shape index (κ2) is 6.37. The van der Waals surface area contributed by atoms with Crippen LogP contribution in [0.4, 0.5) is 5.69 Å². The van der Waals surface area contributed by atoms with Crippen molar-refractivity contribution in [1.82, 2.24) is 4.90 Å². The maximum atomic E-state index is 12.6. The highest BCUT2D eigenvalue weighted by Crippen LogP contribution is 2.29. The standard InChI is InChI=1S/C18H18N2O3S/c21-17(9-14-7-4-8-24-14)19-10-15-16(11-19)23-12-18(22)20(15)13-5-2-1-3-6-13/h1-8,15-16H,9-12H2/t15-,16-/m0/s1. The number of hydrogen-bond donors (Lipinski definition) is 0. The van der Waals surface area contributed by atoms with Gasteiger partial charge in [-0.15, -0.1) is 11.3 Å². The molecule has 2 amide bonds. The molecular formula is C18H18N2O3S. The van der Waals surface area contributed by atoms with Crippen LogP contribution < -0.4 is 4.90 Å². The quantitative estimate of drug-likeness (QED) is 0.856. The number of benzene rings is 1. The largest absolute Gasteiger partial charge is 0.364 e. The van der Waals surface area contributed by atoms with Crippen LogP contribution in [0, 0.1) is 0 Å². The van der Waals surface area contributed by atoms with E-state index in [4.69, 9.17) is 4.74 Å². The highest BCUT2D eigenvalue weighted by molar-refractivity contribution is 7.10. The minimum Gasteiger partial charge on any atom is -0.364 e. The minimum absolute atomic E-state index is 0.0463. The number of thiophene rings is 1. The number of carbonyl (C=O) groups is 2. The Morgan fingerprint density at radius 2 is 2.00 bits per heavy atom. The molecule has 1 aromatic carbocycles. The summed E-state index contributed by atoms with van der Waals surface area (Å²) in [6, 6.07) is 13.4. The molecule has 2 saturated heterocycles. The molecule has 5 nitrogen and oxygen atoms in total. The van der Waals surface area contributed by atoms with E-state index in [2.05, 4.69) is 0 Å². The summed E-state index contributed by atoms with van der Waals surface area (Å²) >= 11 is 1.59. The highest BCUT2D eigenvalue weighted by Gasteiger charge is 2.45. The van der Waals surface area contributed by atoms with E-state index in [0.717, 1.165) is 10.6 Å². The van der Waals surface area contributed by atoms with Gasteiger partial charge in [0.25, 0.3) is 5.91 Å². The lowest BCUT2D eigenvalue weighted by Gasteiger charge is -2.36. The number of likely N-dealkylation sites (tertiary alicyclic amines) is 1. The molecule has 3 heterocycles. The van der Waals surface area contributed by atoms with Gasteiger partial charge < -0.3 is 14.5 Å². The van der Waals surface area contributed by atoms with Crippen molar-refractivity contribution in [2.45, 2.75) is 18.6 Å². The lowest BCUT2D eigenvalue weighted by atomic mass is 10.1. The zero-order chi connectivity index (χ0) is 16.5.